The van der Waals surface area contributed by atoms with Crippen molar-refractivity contribution in [2.45, 2.75) is 99.3 Å². The summed E-state index contributed by atoms with van der Waals surface area (Å²) in [5.74, 6) is 0.888. The molecule has 0 spiro atoms. The number of unbranched alkanes of at least 4 members (excludes halogenated alkanes) is 1. The van der Waals surface area contributed by atoms with Gasteiger partial charge in [0, 0.05) is 0 Å². The minimum Gasteiger partial charge on any atom is -1.00 e. The number of hydrogen-bond donors (Lipinski definition) is 0. The largest absolute Gasteiger partial charge is 1.00 e. The maximum absolute atomic E-state index is 2.67. The van der Waals surface area contributed by atoms with Crippen molar-refractivity contribution in [3.8, 4) is 0 Å². The van der Waals surface area contributed by atoms with E-state index in [1.165, 1.54) is 57.8 Å². The van der Waals surface area contributed by atoms with E-state index in [0.717, 1.165) is 5.92 Å². The monoisotopic (exact) mass is 498 g/mol. The molecule has 0 aliphatic heterocycles. The second-order valence-electron chi connectivity index (χ2n) is 9.28. The van der Waals surface area contributed by atoms with Crippen molar-refractivity contribution in [1.82, 2.24) is 0 Å². The molecule has 0 radical (unpaired) electrons. The van der Waals surface area contributed by atoms with Gasteiger partial charge in [-0.15, -0.1) is 0 Å². The van der Waals surface area contributed by atoms with E-state index >= 15 is 0 Å². The number of rotatable bonds is 6. The van der Waals surface area contributed by atoms with Crippen molar-refractivity contribution in [1.29, 1.82) is 0 Å². The Labute approximate surface area is 198 Å². The third kappa shape index (κ3) is 5.18. The van der Waals surface area contributed by atoms with Gasteiger partial charge in [-0.3, -0.25) is 0 Å². The van der Waals surface area contributed by atoms with Crippen LogP contribution in [0.15, 0.2) is 40.5 Å². The molecule has 0 aromatic carbocycles. The number of hydrogen-bond acceptors (Lipinski definition) is 0. The molecule has 0 unspecified atom stereocenters. The molecule has 1 saturated carbocycles. The summed E-state index contributed by atoms with van der Waals surface area (Å²) in [5, 5.41) is 0. The van der Waals surface area contributed by atoms with E-state index in [1.807, 2.05) is 17.7 Å². The molecule has 28 heavy (non-hydrogen) atoms. The Kier molecular flexibility index (Phi) is 10.5. The summed E-state index contributed by atoms with van der Waals surface area (Å²) in [7, 11) is 0. The zero-order valence-corrected chi connectivity index (χ0v) is 22.7. The van der Waals surface area contributed by atoms with Crippen LogP contribution in [-0.4, -0.2) is 0 Å². The fraction of sp³-hybridized carbons (Fsp3) is 0.680. The van der Waals surface area contributed by atoms with E-state index in [0.29, 0.717) is 5.41 Å². The van der Waals surface area contributed by atoms with Gasteiger partial charge < -0.3 is 24.8 Å². The second-order valence-corrected chi connectivity index (χ2v) is 12.4. The van der Waals surface area contributed by atoms with Gasteiger partial charge in [-0.2, -0.15) is 0 Å². The summed E-state index contributed by atoms with van der Waals surface area (Å²) >= 11 is -0.722. The van der Waals surface area contributed by atoms with Crippen LogP contribution >= 0.6 is 0 Å². The van der Waals surface area contributed by atoms with E-state index < -0.39 is 23.2 Å². The third-order valence-electron chi connectivity index (χ3n) is 7.40. The smallest absolute Gasteiger partial charge is 1.00 e. The van der Waals surface area contributed by atoms with Crippen molar-refractivity contribution in [2.24, 2.45) is 11.3 Å². The molecular weight excluding hydrogens is 462 g/mol. The van der Waals surface area contributed by atoms with Gasteiger partial charge in [-0.05, 0) is 0 Å². The van der Waals surface area contributed by atoms with Crippen molar-refractivity contribution in [3.05, 3.63) is 40.5 Å². The predicted octanol–water partition coefficient (Wildman–Crippen LogP) is 2.08. The van der Waals surface area contributed by atoms with Gasteiger partial charge in [0.05, 0.1) is 0 Å². The van der Waals surface area contributed by atoms with Crippen LogP contribution in [0.4, 0.5) is 0 Å². The van der Waals surface area contributed by atoms with E-state index in [4.69, 9.17) is 0 Å². The van der Waals surface area contributed by atoms with Crippen LogP contribution in [-0.2, 0) is 23.2 Å². The van der Waals surface area contributed by atoms with E-state index in [9.17, 15) is 0 Å². The van der Waals surface area contributed by atoms with E-state index in [2.05, 4.69) is 47.6 Å². The Morgan fingerprint density at radius 1 is 1.00 bits per heavy atom. The summed E-state index contributed by atoms with van der Waals surface area (Å²) in [6.07, 6.45) is 15.3. The fourth-order valence-electron chi connectivity index (χ4n) is 5.17. The Morgan fingerprint density at radius 2 is 1.64 bits per heavy atom. The van der Waals surface area contributed by atoms with Gasteiger partial charge in [-0.1, -0.05) is 0 Å². The minimum atomic E-state index is -0.722. The molecule has 0 heterocycles. The molecule has 3 aliphatic rings. The van der Waals surface area contributed by atoms with Crippen molar-refractivity contribution >= 4 is 0 Å². The molecule has 1 fully saturated rings. The second kappa shape index (κ2) is 11.2. The molecule has 3 rings (SSSR count). The maximum atomic E-state index is 2.67. The Balaban J connectivity index is 0.00000196. The average molecular weight is 501 g/mol. The maximum Gasteiger partial charge on any atom is -1.00 e. The van der Waals surface area contributed by atoms with Gasteiger partial charge >= 0.3 is 174 Å². The molecule has 0 nitrogen and oxygen atoms in total. The SMILES string of the molecule is CCCCC1=[C]([Zr+2][C]2=C(C)C(C)=C(C)C2(C)C)C(C2CCCCC2)=CC1.[Cl-].[Cl-]. The molecule has 0 amide bonds. The average Bonchev–Trinajstić information content (AvgIpc) is 3.10. The van der Waals surface area contributed by atoms with E-state index in [1.54, 1.807) is 16.7 Å². The summed E-state index contributed by atoms with van der Waals surface area (Å²) in [4.78, 5) is 0. The van der Waals surface area contributed by atoms with Crippen LogP contribution in [0.25, 0.3) is 0 Å². The molecule has 0 atom stereocenters. The van der Waals surface area contributed by atoms with Crippen LogP contribution in [0.2, 0.25) is 0 Å². The minimum absolute atomic E-state index is 0. The van der Waals surface area contributed by atoms with Crippen molar-refractivity contribution in [3.63, 3.8) is 0 Å². The van der Waals surface area contributed by atoms with Gasteiger partial charge in [0.25, 0.3) is 0 Å². The molecular formula is C25H38Cl2Zr. The standard InChI is InChI=1S/C15H23.C10H15.2ClH.Zr/c1-2-3-7-13-10-11-15(12-13)14-8-5-4-6-9-14;1-7-6-10(4,5)9(3)8(7)2;;;/h11,14H,2-10H2,1H3;1-5H3;2*1H;/q;;;;+2/p-2. The van der Waals surface area contributed by atoms with Crippen LogP contribution in [0, 0.1) is 11.3 Å². The molecule has 0 aromatic rings. The quantitative estimate of drug-likeness (QED) is 0.524. The zero-order valence-electron chi connectivity index (χ0n) is 18.8. The molecule has 0 N–H and O–H groups in total. The predicted molar refractivity (Wildman–Crippen MR) is 111 cm³/mol. The van der Waals surface area contributed by atoms with Crippen LogP contribution < -0.4 is 24.8 Å². The van der Waals surface area contributed by atoms with Crippen LogP contribution in [0.5, 0.6) is 0 Å². The molecule has 3 aliphatic carbocycles. The number of halogens is 2. The molecule has 0 aromatic heterocycles. The molecule has 156 valence electrons. The van der Waals surface area contributed by atoms with Gasteiger partial charge in [-0.25, -0.2) is 0 Å². The summed E-state index contributed by atoms with van der Waals surface area (Å²) in [6.45, 7) is 14.5. The van der Waals surface area contributed by atoms with Crippen molar-refractivity contribution < 1.29 is 48.0 Å². The first-order chi connectivity index (χ1) is 12.4. The van der Waals surface area contributed by atoms with Gasteiger partial charge in [0.15, 0.2) is 0 Å². The Bertz CT molecular complexity index is 685. The van der Waals surface area contributed by atoms with Crippen LogP contribution in [0.3, 0.4) is 0 Å². The first kappa shape index (κ1) is 26.5. The molecule has 0 saturated heterocycles. The number of allylic oxidation sites excluding steroid dienone is 8. The normalized spacial score (nSPS) is 22.1. The third-order valence-corrected chi connectivity index (χ3v) is 12.7. The Morgan fingerprint density at radius 3 is 2.18 bits per heavy atom. The van der Waals surface area contributed by atoms with Gasteiger partial charge in [0.2, 0.25) is 0 Å². The van der Waals surface area contributed by atoms with Crippen molar-refractivity contribution in [2.75, 3.05) is 0 Å². The van der Waals surface area contributed by atoms with E-state index in [-0.39, 0.29) is 24.8 Å². The Hall–Kier alpha value is 0.423. The summed E-state index contributed by atoms with van der Waals surface area (Å²) < 4.78 is 3.79. The molecule has 3 heteroatoms. The summed E-state index contributed by atoms with van der Waals surface area (Å²) in [5.41, 5.74) is 8.85. The fourth-order valence-corrected chi connectivity index (χ4v) is 10.0. The topological polar surface area (TPSA) is 0 Å². The molecule has 0 bridgehead atoms. The first-order valence-electron chi connectivity index (χ1n) is 11.0. The summed E-state index contributed by atoms with van der Waals surface area (Å²) in [6, 6.07) is 0. The zero-order chi connectivity index (χ0) is 18.9. The van der Waals surface area contributed by atoms with Crippen LogP contribution in [0.1, 0.15) is 99.3 Å². The van der Waals surface area contributed by atoms with Gasteiger partial charge in [0.1, 0.15) is 0 Å². The first-order valence-corrected chi connectivity index (χ1v) is 13.4.